The second-order valence-corrected chi connectivity index (χ2v) is 4.65. The molecular weight excluding hydrogens is 240 g/mol. The number of ketones is 1. The summed E-state index contributed by atoms with van der Waals surface area (Å²) >= 11 is 0. The lowest BCUT2D eigenvalue weighted by molar-refractivity contribution is -0.142. The second kappa shape index (κ2) is 6.32. The average Bonchev–Trinajstić information content (AvgIpc) is 2.42. The second-order valence-electron chi connectivity index (χ2n) is 4.65. The highest BCUT2D eigenvalue weighted by Crippen LogP contribution is 2.32. The third-order valence-electron chi connectivity index (χ3n) is 3.29. The maximum Gasteiger partial charge on any atom is 0.309 e. The fourth-order valence-electron chi connectivity index (χ4n) is 2.38. The SMILES string of the molecule is CCOC(=O)CC1=C(c2ccccc2)CC(=O)CC1. The Hall–Kier alpha value is -1.90. The summed E-state index contributed by atoms with van der Waals surface area (Å²) in [5.74, 6) is 0.0340. The molecule has 0 amide bonds. The van der Waals surface area contributed by atoms with Crippen molar-refractivity contribution in [3.05, 3.63) is 41.5 Å². The molecule has 0 saturated heterocycles. The van der Waals surface area contributed by atoms with Crippen LogP contribution >= 0.6 is 0 Å². The predicted molar refractivity (Wildman–Crippen MR) is 73.5 cm³/mol. The van der Waals surface area contributed by atoms with E-state index in [1.165, 1.54) is 0 Å². The fraction of sp³-hybridized carbons (Fsp3) is 0.375. The molecule has 1 aromatic rings. The Morgan fingerprint density at radius 1 is 1.21 bits per heavy atom. The normalized spacial score (nSPS) is 15.5. The van der Waals surface area contributed by atoms with Crippen molar-refractivity contribution in [3.63, 3.8) is 0 Å². The van der Waals surface area contributed by atoms with Crippen LogP contribution in [0.15, 0.2) is 35.9 Å². The molecule has 0 saturated carbocycles. The van der Waals surface area contributed by atoms with E-state index < -0.39 is 0 Å². The molecule has 3 nitrogen and oxygen atoms in total. The van der Waals surface area contributed by atoms with Crippen LogP contribution in [0.4, 0.5) is 0 Å². The molecule has 3 heteroatoms. The first kappa shape index (κ1) is 13.5. The maximum atomic E-state index is 11.7. The van der Waals surface area contributed by atoms with Crippen LogP contribution in [-0.2, 0) is 14.3 Å². The largest absolute Gasteiger partial charge is 0.466 e. The van der Waals surface area contributed by atoms with E-state index in [0.29, 0.717) is 32.3 Å². The van der Waals surface area contributed by atoms with E-state index in [9.17, 15) is 9.59 Å². The molecule has 1 aromatic carbocycles. The van der Waals surface area contributed by atoms with Crippen LogP contribution in [0.2, 0.25) is 0 Å². The Bertz CT molecular complexity index is 500. The highest BCUT2D eigenvalue weighted by molar-refractivity contribution is 5.94. The van der Waals surface area contributed by atoms with Crippen molar-refractivity contribution in [2.24, 2.45) is 0 Å². The molecule has 0 bridgehead atoms. The molecule has 0 aliphatic heterocycles. The minimum absolute atomic E-state index is 0.208. The lowest BCUT2D eigenvalue weighted by Gasteiger charge is -2.19. The molecule has 0 spiro atoms. The van der Waals surface area contributed by atoms with E-state index in [2.05, 4.69) is 0 Å². The number of ether oxygens (including phenoxy) is 1. The van der Waals surface area contributed by atoms with Gasteiger partial charge in [-0.1, -0.05) is 35.9 Å². The molecule has 100 valence electrons. The van der Waals surface area contributed by atoms with Crippen molar-refractivity contribution in [2.75, 3.05) is 6.61 Å². The van der Waals surface area contributed by atoms with Gasteiger partial charge in [-0.15, -0.1) is 0 Å². The van der Waals surface area contributed by atoms with Gasteiger partial charge >= 0.3 is 5.97 Å². The predicted octanol–water partition coefficient (Wildman–Crippen LogP) is 3.15. The van der Waals surface area contributed by atoms with Gasteiger partial charge in [0.2, 0.25) is 0 Å². The highest BCUT2D eigenvalue weighted by Gasteiger charge is 2.21. The van der Waals surface area contributed by atoms with Gasteiger partial charge in [0.15, 0.2) is 0 Å². The van der Waals surface area contributed by atoms with E-state index in [1.807, 2.05) is 30.3 Å². The van der Waals surface area contributed by atoms with Gasteiger partial charge in [-0.2, -0.15) is 0 Å². The van der Waals surface area contributed by atoms with E-state index in [1.54, 1.807) is 6.92 Å². The van der Waals surface area contributed by atoms with Crippen LogP contribution in [-0.4, -0.2) is 18.4 Å². The summed E-state index contributed by atoms with van der Waals surface area (Å²) in [6.45, 7) is 2.19. The molecule has 1 aliphatic carbocycles. The van der Waals surface area contributed by atoms with E-state index in [-0.39, 0.29) is 11.8 Å². The number of Topliss-reactive ketones (excluding diaryl/α,β-unsaturated/α-hetero) is 1. The molecule has 0 heterocycles. The topological polar surface area (TPSA) is 43.4 Å². The van der Waals surface area contributed by atoms with Crippen LogP contribution in [0.3, 0.4) is 0 Å². The summed E-state index contributed by atoms with van der Waals surface area (Å²) in [6.07, 6.45) is 1.93. The van der Waals surface area contributed by atoms with Gasteiger partial charge < -0.3 is 4.74 Å². The highest BCUT2D eigenvalue weighted by atomic mass is 16.5. The number of allylic oxidation sites excluding steroid dienone is 1. The molecular formula is C16H18O3. The van der Waals surface area contributed by atoms with Crippen molar-refractivity contribution >= 4 is 17.3 Å². The van der Waals surface area contributed by atoms with Crippen molar-refractivity contribution < 1.29 is 14.3 Å². The standard InChI is InChI=1S/C16H18O3/c1-2-19-16(18)10-13-8-9-14(17)11-15(13)12-6-4-3-5-7-12/h3-7H,2,8-11H2,1H3. The zero-order chi connectivity index (χ0) is 13.7. The summed E-state index contributed by atoms with van der Waals surface area (Å²) in [6, 6.07) is 9.81. The number of hydrogen-bond acceptors (Lipinski definition) is 3. The van der Waals surface area contributed by atoms with Crippen molar-refractivity contribution in [3.8, 4) is 0 Å². The number of hydrogen-bond donors (Lipinski definition) is 0. The van der Waals surface area contributed by atoms with Gasteiger partial charge in [0.25, 0.3) is 0 Å². The van der Waals surface area contributed by atoms with Crippen LogP contribution in [0.25, 0.3) is 5.57 Å². The Morgan fingerprint density at radius 2 is 1.95 bits per heavy atom. The smallest absolute Gasteiger partial charge is 0.309 e. The van der Waals surface area contributed by atoms with Gasteiger partial charge in [-0.25, -0.2) is 0 Å². The Morgan fingerprint density at radius 3 is 2.63 bits per heavy atom. The molecule has 19 heavy (non-hydrogen) atoms. The van der Waals surface area contributed by atoms with Gasteiger partial charge in [0.05, 0.1) is 13.0 Å². The third kappa shape index (κ3) is 3.53. The van der Waals surface area contributed by atoms with Crippen molar-refractivity contribution in [1.82, 2.24) is 0 Å². The first-order chi connectivity index (χ1) is 9.20. The van der Waals surface area contributed by atoms with E-state index >= 15 is 0 Å². The fourth-order valence-corrected chi connectivity index (χ4v) is 2.38. The zero-order valence-corrected chi connectivity index (χ0v) is 11.1. The summed E-state index contributed by atoms with van der Waals surface area (Å²) in [7, 11) is 0. The van der Waals surface area contributed by atoms with Gasteiger partial charge in [0.1, 0.15) is 5.78 Å². The average molecular weight is 258 g/mol. The molecule has 1 aliphatic rings. The summed E-state index contributed by atoms with van der Waals surface area (Å²) < 4.78 is 5.00. The number of carbonyl (C=O) groups is 2. The molecule has 0 N–H and O–H groups in total. The molecule has 0 fully saturated rings. The van der Waals surface area contributed by atoms with Crippen molar-refractivity contribution in [2.45, 2.75) is 32.6 Å². The summed E-state index contributed by atoms with van der Waals surface area (Å²) in [4.78, 5) is 23.3. The maximum absolute atomic E-state index is 11.7. The lowest BCUT2D eigenvalue weighted by Crippen LogP contribution is -2.13. The van der Waals surface area contributed by atoms with E-state index in [4.69, 9.17) is 4.74 Å². The van der Waals surface area contributed by atoms with Gasteiger partial charge in [0, 0.05) is 12.8 Å². The number of benzene rings is 1. The Labute approximate surface area is 113 Å². The van der Waals surface area contributed by atoms with Gasteiger partial charge in [-0.05, 0) is 24.5 Å². The lowest BCUT2D eigenvalue weighted by atomic mass is 9.85. The number of carbonyl (C=O) groups excluding carboxylic acids is 2. The zero-order valence-electron chi connectivity index (χ0n) is 11.1. The van der Waals surface area contributed by atoms with Crippen molar-refractivity contribution in [1.29, 1.82) is 0 Å². The third-order valence-corrected chi connectivity index (χ3v) is 3.29. The minimum atomic E-state index is -0.208. The quantitative estimate of drug-likeness (QED) is 0.779. The van der Waals surface area contributed by atoms with Crippen LogP contribution in [0.1, 0.15) is 38.2 Å². The Kier molecular flexibility index (Phi) is 4.50. The van der Waals surface area contributed by atoms with E-state index in [0.717, 1.165) is 16.7 Å². The Balaban J connectivity index is 2.28. The molecule has 2 rings (SSSR count). The van der Waals surface area contributed by atoms with Crippen LogP contribution in [0, 0.1) is 0 Å². The minimum Gasteiger partial charge on any atom is -0.466 e. The van der Waals surface area contributed by atoms with Crippen LogP contribution in [0.5, 0.6) is 0 Å². The molecule has 0 aromatic heterocycles. The summed E-state index contributed by atoms with van der Waals surface area (Å²) in [5, 5.41) is 0. The first-order valence-electron chi connectivity index (χ1n) is 6.64. The molecule has 0 unspecified atom stereocenters. The monoisotopic (exact) mass is 258 g/mol. The molecule has 0 radical (unpaired) electrons. The van der Waals surface area contributed by atoms with Gasteiger partial charge in [-0.3, -0.25) is 9.59 Å². The number of esters is 1. The number of rotatable bonds is 4. The first-order valence-corrected chi connectivity index (χ1v) is 6.64. The van der Waals surface area contributed by atoms with Crippen LogP contribution < -0.4 is 0 Å². The summed E-state index contributed by atoms with van der Waals surface area (Å²) in [5.41, 5.74) is 3.09. The molecule has 0 atom stereocenters.